The quantitative estimate of drug-likeness (QED) is 0.443. The van der Waals surface area contributed by atoms with Crippen molar-refractivity contribution in [3.05, 3.63) is 0 Å². The molecule has 0 aromatic rings. The van der Waals surface area contributed by atoms with Gasteiger partial charge in [-0.2, -0.15) is 0 Å². The molecule has 0 radical (unpaired) electrons. The second-order valence-electron chi connectivity index (χ2n) is 1.77. The predicted molar refractivity (Wildman–Crippen MR) is 27.7 cm³/mol. The molecule has 4 nitrogen and oxygen atoms in total. The van der Waals surface area contributed by atoms with E-state index in [1.54, 1.807) is 0 Å². The fraction of sp³-hybridized carbons (Fsp3) is 0.600. The van der Waals surface area contributed by atoms with Gasteiger partial charge in [-0.1, -0.05) is 0 Å². The third-order valence-corrected chi connectivity index (χ3v) is 1.18. The molecule has 10 heavy (non-hydrogen) atoms. The number of rotatable bonds is 2. The fourth-order valence-electron chi connectivity index (χ4n) is 0.765. The minimum absolute atomic E-state index is 0. The summed E-state index contributed by atoms with van der Waals surface area (Å²) in [4.78, 5) is 24.3. The number of hydrogen-bond donors (Lipinski definition) is 0. The summed E-state index contributed by atoms with van der Waals surface area (Å²) in [5, 5.41) is 1.02. The molecule has 0 saturated carbocycles. The molecule has 0 aromatic carbocycles. The van der Waals surface area contributed by atoms with Crippen LogP contribution in [0.15, 0.2) is 0 Å². The summed E-state index contributed by atoms with van der Waals surface area (Å²) in [6.45, 7) is 1.70. The van der Waals surface area contributed by atoms with Crippen molar-refractivity contribution < 1.29 is 33.9 Å². The zero-order valence-electron chi connectivity index (χ0n) is 5.50. The van der Waals surface area contributed by atoms with Gasteiger partial charge in [-0.05, 0) is 12.9 Å². The maximum Gasteiger partial charge on any atom is 0.252 e. The zero-order chi connectivity index (χ0) is 6.69. The molecule has 1 amide bonds. The largest absolute Gasteiger partial charge is 0.542 e. The predicted octanol–water partition coefficient (Wildman–Crippen LogP) is -0.395. The Morgan fingerprint density at radius 2 is 2.30 bits per heavy atom. The number of amides is 1. The van der Waals surface area contributed by atoms with E-state index in [9.17, 15) is 9.59 Å². The first-order chi connectivity index (χ1) is 4.34. The molecule has 0 atom stereocenters. The summed E-state index contributed by atoms with van der Waals surface area (Å²) in [6.07, 6.45) is 1.24. The van der Waals surface area contributed by atoms with Crippen LogP contribution >= 0.6 is 0 Å². The minimum Gasteiger partial charge on any atom is -0.542 e. The average molecular weight is 193 g/mol. The van der Waals surface area contributed by atoms with E-state index in [4.69, 9.17) is 0 Å². The summed E-state index contributed by atoms with van der Waals surface area (Å²) in [5.74, 6) is -0.140. The van der Waals surface area contributed by atoms with Crippen LogP contribution in [0.4, 0.5) is 0 Å². The Kier molecular flexibility index (Phi) is 4.20. The molecule has 52 valence electrons. The first-order valence-electron chi connectivity index (χ1n) is 2.69. The molecule has 0 aromatic heterocycles. The summed E-state index contributed by atoms with van der Waals surface area (Å²) in [7, 11) is 0. The molecule has 1 rings (SSSR count). The van der Waals surface area contributed by atoms with Crippen molar-refractivity contribution >= 4 is 12.4 Å². The number of hydrogen-bond acceptors (Lipinski definition) is 3. The van der Waals surface area contributed by atoms with Crippen molar-refractivity contribution in [1.82, 2.24) is 5.06 Å². The van der Waals surface area contributed by atoms with Gasteiger partial charge in [-0.25, -0.2) is 5.06 Å². The van der Waals surface area contributed by atoms with Gasteiger partial charge >= 0.3 is 0 Å². The molecule has 1 aliphatic heterocycles. The molecule has 0 bridgehead atoms. The van der Waals surface area contributed by atoms with Crippen molar-refractivity contribution in [3.8, 4) is 0 Å². The second-order valence-corrected chi connectivity index (χ2v) is 1.77. The van der Waals surface area contributed by atoms with E-state index in [0.717, 1.165) is 11.5 Å². The normalized spacial score (nSPS) is 16.4. The van der Waals surface area contributed by atoms with Crippen LogP contribution in [0.25, 0.3) is 0 Å². The van der Waals surface area contributed by atoms with Crippen molar-refractivity contribution in [2.24, 2.45) is 0 Å². The van der Waals surface area contributed by atoms with Crippen LogP contribution < -0.4 is 0 Å². The van der Waals surface area contributed by atoms with Crippen molar-refractivity contribution in [2.45, 2.75) is 12.8 Å². The van der Waals surface area contributed by atoms with Gasteiger partial charge in [0.15, 0.2) is 0 Å². The van der Waals surface area contributed by atoms with Gasteiger partial charge in [0.1, 0.15) is 0 Å². The van der Waals surface area contributed by atoms with Crippen LogP contribution in [-0.4, -0.2) is 24.0 Å². The molecule has 1 heterocycles. The molecule has 1 saturated heterocycles. The minimum atomic E-state index is -0.140. The van der Waals surface area contributed by atoms with Gasteiger partial charge in [-0.3, -0.25) is 4.79 Å². The Labute approximate surface area is 71.2 Å². The van der Waals surface area contributed by atoms with Crippen LogP contribution in [0.3, 0.4) is 0 Å². The van der Waals surface area contributed by atoms with Gasteiger partial charge in [0.05, 0.1) is 6.54 Å². The molecule has 1 aliphatic rings. The third-order valence-electron chi connectivity index (χ3n) is 1.18. The Balaban J connectivity index is 0.000000810. The first kappa shape index (κ1) is 9.56. The van der Waals surface area contributed by atoms with Gasteiger partial charge in [0.2, 0.25) is 0 Å². The van der Waals surface area contributed by atoms with Crippen LogP contribution in [-0.2, 0) is 33.9 Å². The first-order valence-corrected chi connectivity index (χ1v) is 2.69. The van der Waals surface area contributed by atoms with Crippen molar-refractivity contribution in [2.75, 3.05) is 6.54 Å². The van der Waals surface area contributed by atoms with Gasteiger partial charge in [0.25, 0.3) is 5.91 Å². The fourth-order valence-corrected chi connectivity index (χ4v) is 0.765. The number of hydroxylamine groups is 2. The van der Waals surface area contributed by atoms with E-state index in [0.29, 0.717) is 13.0 Å². The summed E-state index contributed by atoms with van der Waals surface area (Å²) in [6, 6.07) is 0. The van der Waals surface area contributed by atoms with Crippen LogP contribution in [0.5, 0.6) is 0 Å². The van der Waals surface area contributed by atoms with E-state index in [-0.39, 0.29) is 25.4 Å². The smallest absolute Gasteiger partial charge is 0.252 e. The van der Waals surface area contributed by atoms with Gasteiger partial charge in [-0.15, -0.1) is 0 Å². The van der Waals surface area contributed by atoms with Gasteiger partial charge in [0, 0.05) is 25.9 Å². The monoisotopic (exact) mass is 192 g/mol. The molecule has 5 heteroatoms. The summed E-state index contributed by atoms with van der Waals surface area (Å²) < 4.78 is 0. The Hall–Kier alpha value is -0.437. The van der Waals surface area contributed by atoms with Gasteiger partial charge < -0.3 is 9.63 Å². The zero-order valence-corrected chi connectivity index (χ0v) is 8.47. The van der Waals surface area contributed by atoms with Crippen molar-refractivity contribution in [1.29, 1.82) is 0 Å². The molecular weight excluding hydrogens is 187 g/mol. The number of nitrogens with zero attached hydrogens (tertiary/aromatic N) is 1. The Morgan fingerprint density at radius 3 is 2.70 bits per heavy atom. The van der Waals surface area contributed by atoms with Crippen LogP contribution in [0, 0.1) is 0 Å². The number of carbonyl (C=O) groups excluding carboxylic acids is 2. The van der Waals surface area contributed by atoms with Crippen molar-refractivity contribution in [3.63, 3.8) is 0 Å². The molecule has 0 aliphatic carbocycles. The van der Waals surface area contributed by atoms with E-state index in [1.807, 2.05) is 0 Å². The summed E-state index contributed by atoms with van der Waals surface area (Å²) in [5.41, 5.74) is 0. The average Bonchev–Trinajstić information content (AvgIpc) is 2.18. The standard InChI is InChI=1S/C5H6NO3.Zn/c7-4-9-6-3-1-2-5(6)8;/h1-3H2;/q-1;. The molecule has 0 unspecified atom stereocenters. The molecule has 0 N–H and O–H groups in total. The SMILES string of the molecule is O=[C-]ON1CCCC1=O.[Zn]. The van der Waals surface area contributed by atoms with Crippen LogP contribution in [0.2, 0.25) is 0 Å². The van der Waals surface area contributed by atoms with E-state index in [2.05, 4.69) is 4.84 Å². The molecule has 0 spiro atoms. The van der Waals surface area contributed by atoms with E-state index >= 15 is 0 Å². The topological polar surface area (TPSA) is 46.6 Å². The number of carbonyl (C=O) groups is 1. The molecular formula is C5H6NO3Zn-. The second kappa shape index (κ2) is 4.39. The van der Waals surface area contributed by atoms with Crippen LogP contribution in [0.1, 0.15) is 12.8 Å². The Morgan fingerprint density at radius 1 is 1.60 bits per heavy atom. The maximum absolute atomic E-state index is 10.6. The molecule has 1 fully saturated rings. The summed E-state index contributed by atoms with van der Waals surface area (Å²) >= 11 is 0. The Bertz CT molecular complexity index is 139. The van der Waals surface area contributed by atoms with E-state index < -0.39 is 0 Å². The van der Waals surface area contributed by atoms with E-state index in [1.165, 1.54) is 6.47 Å². The maximum atomic E-state index is 10.6. The third kappa shape index (κ3) is 2.06.